The van der Waals surface area contributed by atoms with Crippen LogP contribution in [0.4, 0.5) is 21.2 Å². The fraction of sp³-hybridized carbons (Fsp3) is 0.325. The molecule has 0 aliphatic carbocycles. The molecule has 7 rings (SSSR count). The van der Waals surface area contributed by atoms with Gasteiger partial charge >= 0.3 is 0 Å². The lowest BCUT2D eigenvalue weighted by atomic mass is 9.82. The van der Waals surface area contributed by atoms with E-state index < -0.39 is 37.6 Å². The zero-order chi connectivity index (χ0) is 36.9. The number of fused-ring (bicyclic) bond motifs is 3. The van der Waals surface area contributed by atoms with Crippen molar-refractivity contribution in [1.82, 2.24) is 4.90 Å². The number of carbonyl (C=O) groups is 3. The van der Waals surface area contributed by atoms with E-state index in [0.29, 0.717) is 41.2 Å². The van der Waals surface area contributed by atoms with Gasteiger partial charge in [0.15, 0.2) is 5.60 Å². The third-order valence-electron chi connectivity index (χ3n) is 10.9. The number of hydrogen-bond donors (Lipinski definition) is 3. The minimum atomic E-state index is -3.53. The number of nitrogens with zero attached hydrogens (tertiary/aromatic N) is 2. The highest BCUT2D eigenvalue weighted by Gasteiger charge is 2.67. The second-order valence-corrected chi connectivity index (χ2v) is 19.3. The van der Waals surface area contributed by atoms with Crippen LogP contribution in [0.5, 0.6) is 0 Å². The lowest BCUT2D eigenvalue weighted by molar-refractivity contribution is -0.151. The Morgan fingerprint density at radius 3 is 2.48 bits per heavy atom. The Hall–Kier alpha value is -4.36. The van der Waals surface area contributed by atoms with Gasteiger partial charge in [-0.05, 0) is 90.8 Å². The summed E-state index contributed by atoms with van der Waals surface area (Å²) in [5.41, 5.74) is 9.34. The van der Waals surface area contributed by atoms with Crippen molar-refractivity contribution in [2.45, 2.75) is 69.2 Å². The van der Waals surface area contributed by atoms with Gasteiger partial charge in [-0.2, -0.15) is 0 Å². The summed E-state index contributed by atoms with van der Waals surface area (Å²) in [6.45, 7) is 5.43. The molecule has 9 nitrogen and oxygen atoms in total. The number of aliphatic hydroxyl groups excluding tert-OH is 1. The molecule has 0 unspecified atom stereocenters. The van der Waals surface area contributed by atoms with Gasteiger partial charge in [-0.3, -0.25) is 14.4 Å². The number of rotatable bonds is 8. The lowest BCUT2D eigenvalue weighted by Crippen LogP contribution is -2.48. The molecule has 0 bridgehead atoms. The topological polar surface area (TPSA) is 125 Å². The number of carbonyl (C=O) groups excluding carboxylic acids is 3. The minimum absolute atomic E-state index is 0.109. The van der Waals surface area contributed by atoms with Gasteiger partial charge in [-0.1, -0.05) is 59.3 Å². The van der Waals surface area contributed by atoms with E-state index in [2.05, 4.69) is 21.2 Å². The predicted molar refractivity (Wildman–Crippen MR) is 205 cm³/mol. The minimum Gasteiger partial charge on any atom is -0.399 e. The van der Waals surface area contributed by atoms with Crippen LogP contribution in [0.25, 0.3) is 0 Å². The maximum absolute atomic E-state index is 16.5. The molecule has 1 fully saturated rings. The van der Waals surface area contributed by atoms with E-state index in [9.17, 15) is 19.5 Å². The summed E-state index contributed by atoms with van der Waals surface area (Å²) in [5, 5.41) is 13.2. The normalized spacial score (nSPS) is 23.8. The van der Waals surface area contributed by atoms with E-state index in [1.165, 1.54) is 0 Å². The zero-order valence-corrected chi connectivity index (χ0v) is 31.9. The van der Waals surface area contributed by atoms with Crippen molar-refractivity contribution in [2.75, 3.05) is 22.6 Å². The molecule has 270 valence electrons. The average Bonchev–Trinajstić information content (AvgIpc) is 3.53. The van der Waals surface area contributed by atoms with Gasteiger partial charge in [0.25, 0.3) is 11.8 Å². The molecule has 52 heavy (non-hydrogen) atoms. The van der Waals surface area contributed by atoms with Crippen molar-refractivity contribution in [2.24, 2.45) is 5.92 Å². The van der Waals surface area contributed by atoms with E-state index >= 15 is 4.11 Å². The van der Waals surface area contributed by atoms with Crippen molar-refractivity contribution >= 4 is 59.1 Å². The number of anilines is 3. The number of halogens is 2. The van der Waals surface area contributed by atoms with Gasteiger partial charge in [0.1, 0.15) is 0 Å². The van der Waals surface area contributed by atoms with Gasteiger partial charge in [0.2, 0.25) is 14.3 Å². The number of nitrogens with two attached hydrogens (primary N) is 1. The maximum atomic E-state index is 16.5. The summed E-state index contributed by atoms with van der Waals surface area (Å²) >= 11 is 3.59. The number of nitrogens with one attached hydrogen (secondary N) is 1. The van der Waals surface area contributed by atoms with E-state index in [1.807, 2.05) is 67.6 Å². The lowest BCUT2D eigenvalue weighted by Gasteiger charge is -2.37. The highest BCUT2D eigenvalue weighted by molar-refractivity contribution is 9.10. The molecule has 0 radical (unpaired) electrons. The number of ether oxygens (including phenoxy) is 1. The van der Waals surface area contributed by atoms with Crippen LogP contribution in [0.15, 0.2) is 95.5 Å². The molecule has 3 amide bonds. The van der Waals surface area contributed by atoms with Gasteiger partial charge in [0, 0.05) is 45.0 Å². The van der Waals surface area contributed by atoms with Crippen molar-refractivity contribution in [1.29, 1.82) is 0 Å². The SMILES string of the molecule is C[C@@H]1[C@@H]([Si](C)(C)F)[C@H](CC(=O)N2Cc3ccccc3C[C@H]2CO)O[C@@]12C(=O)N(Cc1cccc(NC(=O)c3ccc(N)cc3)c1)c1ccc(Br)cc12. The molecular weight excluding hydrogens is 743 g/mol. The predicted octanol–water partition coefficient (Wildman–Crippen LogP) is 6.94. The third kappa shape index (κ3) is 6.46. The first-order valence-electron chi connectivity index (χ1n) is 17.5. The van der Waals surface area contributed by atoms with E-state index in [-0.39, 0.29) is 37.3 Å². The molecule has 5 atom stereocenters. The third-order valence-corrected chi connectivity index (χ3v) is 13.8. The van der Waals surface area contributed by atoms with Gasteiger partial charge in [-0.25, -0.2) is 0 Å². The summed E-state index contributed by atoms with van der Waals surface area (Å²) in [6.07, 6.45) is -0.436. The Kier molecular flexibility index (Phi) is 9.62. The molecule has 1 saturated heterocycles. The molecule has 0 aromatic heterocycles. The average molecular weight is 786 g/mol. The van der Waals surface area contributed by atoms with E-state index in [4.69, 9.17) is 10.5 Å². The molecule has 3 aliphatic rings. The highest BCUT2D eigenvalue weighted by Crippen LogP contribution is 2.60. The van der Waals surface area contributed by atoms with Crippen molar-refractivity contribution in [3.8, 4) is 0 Å². The molecule has 3 heterocycles. The van der Waals surface area contributed by atoms with Crippen molar-refractivity contribution < 1.29 is 28.3 Å². The first-order chi connectivity index (χ1) is 24.8. The molecule has 4 aromatic rings. The second-order valence-electron chi connectivity index (χ2n) is 14.6. The molecule has 4 N–H and O–H groups in total. The van der Waals surface area contributed by atoms with Crippen molar-refractivity contribution in [3.63, 3.8) is 0 Å². The Bertz CT molecular complexity index is 2040. The first kappa shape index (κ1) is 36.0. The maximum Gasteiger partial charge on any atom is 0.264 e. The smallest absolute Gasteiger partial charge is 0.264 e. The van der Waals surface area contributed by atoms with Crippen LogP contribution in [-0.2, 0) is 39.4 Å². The number of benzene rings is 4. The number of aliphatic hydroxyl groups is 1. The summed E-state index contributed by atoms with van der Waals surface area (Å²) in [7, 11) is -3.53. The Morgan fingerprint density at radius 2 is 1.77 bits per heavy atom. The fourth-order valence-corrected chi connectivity index (χ4v) is 11.3. The standard InChI is InChI=1S/C40H42BrFN4O5Si/c1-24-37(52(2,3)42)35(20-36(48)45-22-28-9-5-4-8-27(28)18-32(45)23-47)51-40(24)33-19-29(41)13-16-34(33)46(39(40)50)21-25-7-6-10-31(17-25)44-38(49)26-11-14-30(43)15-12-26/h4-17,19,24,32,35,37,47H,18,20-23,43H2,1-3H3,(H,44,49)/t24-,32+,35+,37-,40+/m1/s1. The monoisotopic (exact) mass is 784 g/mol. The molecule has 0 saturated carbocycles. The van der Waals surface area contributed by atoms with Crippen LogP contribution >= 0.6 is 15.9 Å². The van der Waals surface area contributed by atoms with E-state index in [0.717, 1.165) is 21.2 Å². The number of nitrogen functional groups attached to an aromatic ring is 1. The quantitative estimate of drug-likeness (QED) is 0.101. The number of hydrogen-bond acceptors (Lipinski definition) is 6. The van der Waals surface area contributed by atoms with Crippen LogP contribution in [0.1, 0.15) is 46.0 Å². The Labute approximate surface area is 312 Å². The summed E-state index contributed by atoms with van der Waals surface area (Å²) in [4.78, 5) is 45.3. The largest absolute Gasteiger partial charge is 0.399 e. The highest BCUT2D eigenvalue weighted by atomic mass is 79.9. The van der Waals surface area contributed by atoms with Crippen LogP contribution in [0.2, 0.25) is 18.6 Å². The number of amides is 3. The van der Waals surface area contributed by atoms with Crippen LogP contribution in [0, 0.1) is 5.92 Å². The Balaban J connectivity index is 1.18. The van der Waals surface area contributed by atoms with Gasteiger partial charge in [-0.15, -0.1) is 0 Å². The van der Waals surface area contributed by atoms with Crippen LogP contribution in [0.3, 0.4) is 0 Å². The second kappa shape index (κ2) is 13.9. The summed E-state index contributed by atoms with van der Waals surface area (Å²) in [5.74, 6) is -1.42. The Morgan fingerprint density at radius 1 is 1.04 bits per heavy atom. The summed E-state index contributed by atoms with van der Waals surface area (Å²) < 4.78 is 24.1. The van der Waals surface area contributed by atoms with Gasteiger partial charge in [0.05, 0.1) is 37.4 Å². The summed E-state index contributed by atoms with van der Waals surface area (Å²) in [6, 6.07) is 27.0. The molecule has 4 aromatic carbocycles. The first-order valence-corrected chi connectivity index (χ1v) is 21.3. The van der Waals surface area contributed by atoms with Crippen molar-refractivity contribution in [3.05, 3.63) is 123 Å². The zero-order valence-electron chi connectivity index (χ0n) is 29.3. The van der Waals surface area contributed by atoms with Crippen LogP contribution in [-0.4, -0.2) is 54.9 Å². The van der Waals surface area contributed by atoms with Gasteiger partial charge < -0.3 is 34.8 Å². The molecule has 3 aliphatic heterocycles. The van der Waals surface area contributed by atoms with E-state index in [1.54, 1.807) is 53.2 Å². The van der Waals surface area contributed by atoms with Crippen LogP contribution < -0.4 is 16.0 Å². The fourth-order valence-electron chi connectivity index (χ4n) is 8.48. The molecule has 12 heteroatoms. The molecular formula is C40H42BrFN4O5Si. The molecule has 1 spiro atoms.